The molecule has 0 aromatic carbocycles. The maximum atomic E-state index is 10.8. The van der Waals surface area contributed by atoms with Gasteiger partial charge in [0.25, 0.3) is 0 Å². The van der Waals surface area contributed by atoms with Crippen molar-refractivity contribution in [2.75, 3.05) is 6.61 Å². The van der Waals surface area contributed by atoms with E-state index in [9.17, 15) is 4.79 Å². The van der Waals surface area contributed by atoms with E-state index in [1.165, 1.54) is 6.08 Å². The normalized spacial score (nSPS) is 12.0. The largest absolute Gasteiger partial charge is 0.454 e. The van der Waals surface area contributed by atoms with E-state index in [1.54, 1.807) is 26.8 Å². The van der Waals surface area contributed by atoms with Gasteiger partial charge in [-0.25, -0.2) is 4.79 Å². The van der Waals surface area contributed by atoms with E-state index in [1.807, 2.05) is 0 Å². The van der Waals surface area contributed by atoms with Crippen LogP contribution in [0.2, 0.25) is 0 Å². The molecule has 1 N–H and O–H groups in total. The first-order chi connectivity index (χ1) is 5.02. The van der Waals surface area contributed by atoms with E-state index in [0.29, 0.717) is 0 Å². The Bertz CT molecular complexity index is 159. The summed E-state index contributed by atoms with van der Waals surface area (Å²) in [6.07, 6.45) is 2.91. The van der Waals surface area contributed by atoms with Crippen LogP contribution in [0.3, 0.4) is 0 Å². The van der Waals surface area contributed by atoms with Crippen molar-refractivity contribution in [1.82, 2.24) is 0 Å². The number of aliphatic hydroxyl groups is 1. The van der Waals surface area contributed by atoms with Crippen LogP contribution >= 0.6 is 0 Å². The second-order valence-corrected chi connectivity index (χ2v) is 2.84. The van der Waals surface area contributed by atoms with Crippen LogP contribution in [-0.4, -0.2) is 23.3 Å². The Hall–Kier alpha value is -0.830. The first kappa shape index (κ1) is 10.2. The second kappa shape index (κ2) is 4.13. The standard InChI is InChI=1S/C8H14O3/c1-4-5-7(10)11-8(2,3)6-9/h4-5,9H,6H2,1-3H3/b5-4+. The molecule has 0 aliphatic heterocycles. The third-order valence-corrected chi connectivity index (χ3v) is 1.06. The lowest BCUT2D eigenvalue weighted by molar-refractivity contribution is -0.153. The Morgan fingerprint density at radius 1 is 1.64 bits per heavy atom. The molecular weight excluding hydrogens is 144 g/mol. The maximum Gasteiger partial charge on any atom is 0.331 e. The quantitative estimate of drug-likeness (QED) is 0.490. The van der Waals surface area contributed by atoms with Crippen molar-refractivity contribution in [2.45, 2.75) is 26.4 Å². The first-order valence-electron chi connectivity index (χ1n) is 3.48. The summed E-state index contributed by atoms with van der Waals surface area (Å²) in [7, 11) is 0. The van der Waals surface area contributed by atoms with Gasteiger partial charge in [0, 0.05) is 6.08 Å². The van der Waals surface area contributed by atoms with Gasteiger partial charge in [0.05, 0.1) is 6.61 Å². The molecule has 0 spiro atoms. The highest BCUT2D eigenvalue weighted by atomic mass is 16.6. The number of hydrogen-bond donors (Lipinski definition) is 1. The Morgan fingerprint density at radius 2 is 2.18 bits per heavy atom. The molecule has 0 fully saturated rings. The van der Waals surface area contributed by atoms with Crippen LogP contribution in [0.1, 0.15) is 20.8 Å². The van der Waals surface area contributed by atoms with Gasteiger partial charge in [0.2, 0.25) is 0 Å². The average Bonchev–Trinajstić information content (AvgIpc) is 1.87. The van der Waals surface area contributed by atoms with Crippen LogP contribution in [0.4, 0.5) is 0 Å². The minimum absolute atomic E-state index is 0.170. The Balaban J connectivity index is 3.93. The molecule has 11 heavy (non-hydrogen) atoms. The Labute approximate surface area is 66.7 Å². The zero-order chi connectivity index (χ0) is 8.91. The topological polar surface area (TPSA) is 46.5 Å². The molecule has 0 amide bonds. The lowest BCUT2D eigenvalue weighted by Crippen LogP contribution is -2.31. The third kappa shape index (κ3) is 4.56. The number of carbonyl (C=O) groups is 1. The summed E-state index contributed by atoms with van der Waals surface area (Å²) >= 11 is 0. The minimum atomic E-state index is -0.781. The number of allylic oxidation sites excluding steroid dienone is 1. The number of aliphatic hydroxyl groups excluding tert-OH is 1. The fraction of sp³-hybridized carbons (Fsp3) is 0.625. The molecule has 0 rings (SSSR count). The molecule has 3 heteroatoms. The summed E-state index contributed by atoms with van der Waals surface area (Å²) in [5.74, 6) is -0.424. The summed E-state index contributed by atoms with van der Waals surface area (Å²) < 4.78 is 4.85. The molecule has 0 aliphatic carbocycles. The van der Waals surface area contributed by atoms with Crippen molar-refractivity contribution in [2.24, 2.45) is 0 Å². The number of esters is 1. The lowest BCUT2D eigenvalue weighted by Gasteiger charge is -2.20. The molecule has 0 aliphatic rings. The van der Waals surface area contributed by atoms with Crippen molar-refractivity contribution in [3.8, 4) is 0 Å². The predicted molar refractivity (Wildman–Crippen MR) is 42.1 cm³/mol. The molecule has 0 aromatic heterocycles. The Morgan fingerprint density at radius 3 is 2.55 bits per heavy atom. The SMILES string of the molecule is C/C=C/C(=O)OC(C)(C)CO. The third-order valence-electron chi connectivity index (χ3n) is 1.06. The molecule has 0 atom stereocenters. The highest BCUT2D eigenvalue weighted by Gasteiger charge is 2.19. The highest BCUT2D eigenvalue weighted by molar-refractivity contribution is 5.82. The van der Waals surface area contributed by atoms with Crippen molar-refractivity contribution < 1.29 is 14.6 Å². The summed E-state index contributed by atoms with van der Waals surface area (Å²) in [5, 5.41) is 8.71. The van der Waals surface area contributed by atoms with Gasteiger partial charge in [-0.3, -0.25) is 0 Å². The molecule has 0 saturated carbocycles. The van der Waals surface area contributed by atoms with Crippen LogP contribution in [0.15, 0.2) is 12.2 Å². The Kier molecular flexibility index (Phi) is 3.82. The van der Waals surface area contributed by atoms with Crippen molar-refractivity contribution in [3.05, 3.63) is 12.2 Å². The maximum absolute atomic E-state index is 10.8. The second-order valence-electron chi connectivity index (χ2n) is 2.84. The first-order valence-corrected chi connectivity index (χ1v) is 3.48. The molecule has 0 unspecified atom stereocenters. The minimum Gasteiger partial charge on any atom is -0.454 e. The van der Waals surface area contributed by atoms with Gasteiger partial charge in [-0.15, -0.1) is 0 Å². The number of carbonyl (C=O) groups excluding carboxylic acids is 1. The summed E-state index contributed by atoms with van der Waals surface area (Å²) in [5.41, 5.74) is -0.781. The fourth-order valence-corrected chi connectivity index (χ4v) is 0.475. The van der Waals surface area contributed by atoms with Crippen LogP contribution in [0.25, 0.3) is 0 Å². The number of hydrogen-bond acceptors (Lipinski definition) is 3. The molecule has 0 heterocycles. The van der Waals surface area contributed by atoms with Crippen LogP contribution in [-0.2, 0) is 9.53 Å². The van der Waals surface area contributed by atoms with Gasteiger partial charge in [0.15, 0.2) is 0 Å². The predicted octanol–water partition coefficient (Wildman–Crippen LogP) is 0.877. The summed E-state index contributed by atoms with van der Waals surface area (Å²) in [6, 6.07) is 0. The van der Waals surface area contributed by atoms with Crippen LogP contribution < -0.4 is 0 Å². The molecule has 3 nitrogen and oxygen atoms in total. The van der Waals surface area contributed by atoms with Crippen molar-refractivity contribution in [3.63, 3.8) is 0 Å². The van der Waals surface area contributed by atoms with E-state index in [-0.39, 0.29) is 6.61 Å². The zero-order valence-corrected chi connectivity index (χ0v) is 7.13. The van der Waals surface area contributed by atoms with E-state index < -0.39 is 11.6 Å². The van der Waals surface area contributed by atoms with Crippen molar-refractivity contribution >= 4 is 5.97 Å². The van der Waals surface area contributed by atoms with Gasteiger partial charge < -0.3 is 9.84 Å². The number of ether oxygens (including phenoxy) is 1. The lowest BCUT2D eigenvalue weighted by atomic mass is 10.1. The van der Waals surface area contributed by atoms with Gasteiger partial charge >= 0.3 is 5.97 Å². The zero-order valence-electron chi connectivity index (χ0n) is 7.13. The number of rotatable bonds is 3. The van der Waals surface area contributed by atoms with E-state index in [0.717, 1.165) is 0 Å². The van der Waals surface area contributed by atoms with E-state index in [4.69, 9.17) is 9.84 Å². The highest BCUT2D eigenvalue weighted by Crippen LogP contribution is 2.07. The molecule has 0 aromatic rings. The smallest absolute Gasteiger partial charge is 0.331 e. The monoisotopic (exact) mass is 158 g/mol. The molecule has 0 saturated heterocycles. The van der Waals surface area contributed by atoms with Gasteiger partial charge in [0.1, 0.15) is 5.60 Å². The van der Waals surface area contributed by atoms with Gasteiger partial charge in [-0.05, 0) is 20.8 Å². The molecule has 0 radical (unpaired) electrons. The summed E-state index contributed by atoms with van der Waals surface area (Å²) in [6.45, 7) is 4.85. The van der Waals surface area contributed by atoms with Crippen LogP contribution in [0, 0.1) is 0 Å². The van der Waals surface area contributed by atoms with Crippen LogP contribution in [0.5, 0.6) is 0 Å². The molecular formula is C8H14O3. The van der Waals surface area contributed by atoms with Crippen molar-refractivity contribution in [1.29, 1.82) is 0 Å². The molecule has 0 bridgehead atoms. The summed E-state index contributed by atoms with van der Waals surface area (Å²) in [4.78, 5) is 10.8. The van der Waals surface area contributed by atoms with E-state index >= 15 is 0 Å². The average molecular weight is 158 g/mol. The molecule has 64 valence electrons. The fourth-order valence-electron chi connectivity index (χ4n) is 0.475. The van der Waals surface area contributed by atoms with E-state index in [2.05, 4.69) is 0 Å². The van der Waals surface area contributed by atoms with Gasteiger partial charge in [-0.2, -0.15) is 0 Å². The van der Waals surface area contributed by atoms with Gasteiger partial charge in [-0.1, -0.05) is 6.08 Å².